The van der Waals surface area contributed by atoms with Crippen LogP contribution < -0.4 is 0 Å². The van der Waals surface area contributed by atoms with Gasteiger partial charge >= 0.3 is 0 Å². The third kappa shape index (κ3) is 2.77. The van der Waals surface area contributed by atoms with E-state index in [0.29, 0.717) is 12.1 Å². The lowest BCUT2D eigenvalue weighted by atomic mass is 10.1. The van der Waals surface area contributed by atoms with Crippen molar-refractivity contribution in [1.82, 2.24) is 9.80 Å². The minimum Gasteiger partial charge on any atom is -0.332 e. The molecule has 6 heteroatoms. The highest BCUT2D eigenvalue weighted by Gasteiger charge is 2.29. The van der Waals surface area contributed by atoms with Gasteiger partial charge in [-0.05, 0) is 25.1 Å². The van der Waals surface area contributed by atoms with Crippen LogP contribution in [0.4, 0.5) is 4.39 Å². The van der Waals surface area contributed by atoms with Crippen molar-refractivity contribution in [2.75, 3.05) is 19.6 Å². The quantitative estimate of drug-likeness (QED) is 0.823. The topological polar surface area (TPSA) is 64.4 Å². The zero-order chi connectivity index (χ0) is 14.7. The molecule has 0 atom stereocenters. The molecule has 1 fully saturated rings. The fraction of sp³-hybridized carbons (Fsp3) is 0.357. The summed E-state index contributed by atoms with van der Waals surface area (Å²) < 4.78 is 13.7. The fourth-order valence-corrected chi connectivity index (χ4v) is 2.11. The summed E-state index contributed by atoms with van der Waals surface area (Å²) in [5.74, 6) is -0.848. The Morgan fingerprint density at radius 1 is 1.25 bits per heavy atom. The van der Waals surface area contributed by atoms with Gasteiger partial charge in [0.05, 0.1) is 18.2 Å². The van der Waals surface area contributed by atoms with E-state index in [1.54, 1.807) is 6.92 Å². The Hall–Kier alpha value is -2.42. The summed E-state index contributed by atoms with van der Waals surface area (Å²) in [6, 6.07) is 5.90. The highest BCUT2D eigenvalue weighted by molar-refractivity contribution is 5.92. The number of hydrogen-bond donors (Lipinski definition) is 0. The van der Waals surface area contributed by atoms with Crippen LogP contribution >= 0.6 is 0 Å². The Labute approximate surface area is 116 Å². The predicted octanol–water partition coefficient (Wildman–Crippen LogP) is 0.888. The van der Waals surface area contributed by atoms with Crippen LogP contribution in [-0.2, 0) is 16.1 Å². The Balaban J connectivity index is 2.16. The van der Waals surface area contributed by atoms with E-state index in [4.69, 9.17) is 5.26 Å². The summed E-state index contributed by atoms with van der Waals surface area (Å²) in [5, 5.41) is 8.81. The minimum atomic E-state index is -0.484. The van der Waals surface area contributed by atoms with Gasteiger partial charge in [0, 0.05) is 18.7 Å². The highest BCUT2D eigenvalue weighted by Crippen LogP contribution is 2.15. The lowest BCUT2D eigenvalue weighted by molar-refractivity contribution is -0.150. The molecule has 2 rings (SSSR count). The zero-order valence-corrected chi connectivity index (χ0v) is 11.1. The lowest BCUT2D eigenvalue weighted by Gasteiger charge is -2.33. The molecule has 0 unspecified atom stereocenters. The normalized spacial score (nSPS) is 15.4. The van der Waals surface area contributed by atoms with E-state index >= 15 is 0 Å². The molecule has 104 valence electrons. The van der Waals surface area contributed by atoms with Crippen molar-refractivity contribution >= 4 is 11.8 Å². The van der Waals surface area contributed by atoms with Crippen molar-refractivity contribution in [3.63, 3.8) is 0 Å². The second-order valence-electron chi connectivity index (χ2n) is 4.58. The molecule has 0 aromatic heterocycles. The van der Waals surface area contributed by atoms with E-state index < -0.39 is 5.82 Å². The molecule has 0 bridgehead atoms. The van der Waals surface area contributed by atoms with Gasteiger partial charge < -0.3 is 9.80 Å². The van der Waals surface area contributed by atoms with Crippen LogP contribution in [0.2, 0.25) is 0 Å². The number of benzene rings is 1. The Morgan fingerprint density at radius 3 is 2.55 bits per heavy atom. The number of piperazine rings is 1. The first-order valence-corrected chi connectivity index (χ1v) is 6.29. The van der Waals surface area contributed by atoms with Crippen LogP contribution in [0.15, 0.2) is 18.2 Å². The summed E-state index contributed by atoms with van der Waals surface area (Å²) in [6.07, 6.45) is 0. The summed E-state index contributed by atoms with van der Waals surface area (Å²) in [4.78, 5) is 26.5. The molecule has 0 N–H and O–H groups in total. The monoisotopic (exact) mass is 275 g/mol. The van der Waals surface area contributed by atoms with E-state index in [1.807, 2.05) is 6.07 Å². The number of amides is 2. The van der Waals surface area contributed by atoms with Crippen LogP contribution in [0.1, 0.15) is 18.1 Å². The Bertz CT molecular complexity index is 595. The molecule has 1 aromatic carbocycles. The van der Waals surface area contributed by atoms with Gasteiger partial charge in [-0.15, -0.1) is 0 Å². The smallest absolute Gasteiger partial charge is 0.242 e. The van der Waals surface area contributed by atoms with E-state index in [0.717, 1.165) is 0 Å². The molecule has 1 heterocycles. The SMILES string of the molecule is CCN1CC(=O)N(Cc2cc(C#N)ccc2F)CC1=O. The van der Waals surface area contributed by atoms with Crippen molar-refractivity contribution < 1.29 is 14.0 Å². The number of rotatable bonds is 3. The van der Waals surface area contributed by atoms with Crippen molar-refractivity contribution in [2.24, 2.45) is 0 Å². The molecule has 20 heavy (non-hydrogen) atoms. The zero-order valence-electron chi connectivity index (χ0n) is 11.1. The second-order valence-corrected chi connectivity index (χ2v) is 4.58. The first kappa shape index (κ1) is 14.0. The average molecular weight is 275 g/mol. The average Bonchev–Trinajstić information content (AvgIpc) is 2.44. The van der Waals surface area contributed by atoms with Gasteiger partial charge in [0.25, 0.3) is 0 Å². The van der Waals surface area contributed by atoms with Gasteiger partial charge in [-0.2, -0.15) is 5.26 Å². The molecule has 0 aliphatic carbocycles. The van der Waals surface area contributed by atoms with Crippen molar-refractivity contribution in [2.45, 2.75) is 13.5 Å². The highest BCUT2D eigenvalue weighted by atomic mass is 19.1. The number of nitrogens with zero attached hydrogens (tertiary/aromatic N) is 3. The summed E-state index contributed by atoms with van der Waals surface area (Å²) in [5.41, 5.74) is 0.572. The molecule has 1 aliphatic rings. The van der Waals surface area contributed by atoms with E-state index in [-0.39, 0.29) is 37.0 Å². The van der Waals surface area contributed by atoms with Crippen LogP contribution in [0.25, 0.3) is 0 Å². The molecule has 0 saturated carbocycles. The van der Waals surface area contributed by atoms with Gasteiger partial charge in [0.1, 0.15) is 12.4 Å². The largest absolute Gasteiger partial charge is 0.332 e. The second kappa shape index (κ2) is 5.70. The predicted molar refractivity (Wildman–Crippen MR) is 68.8 cm³/mol. The third-order valence-corrected chi connectivity index (χ3v) is 3.28. The first-order chi connectivity index (χ1) is 9.55. The molecule has 1 aromatic rings. The summed E-state index contributed by atoms with van der Waals surface area (Å²) in [6.45, 7) is 2.26. The van der Waals surface area contributed by atoms with Crippen LogP contribution in [0.5, 0.6) is 0 Å². The minimum absolute atomic E-state index is 0.00345. The van der Waals surface area contributed by atoms with Gasteiger partial charge in [-0.3, -0.25) is 9.59 Å². The molecular weight excluding hydrogens is 261 g/mol. The van der Waals surface area contributed by atoms with Crippen LogP contribution in [0.3, 0.4) is 0 Å². The molecule has 0 spiro atoms. The number of hydrogen-bond acceptors (Lipinski definition) is 3. The summed E-state index contributed by atoms with van der Waals surface area (Å²) in [7, 11) is 0. The molecule has 1 saturated heterocycles. The maximum Gasteiger partial charge on any atom is 0.242 e. The lowest BCUT2D eigenvalue weighted by Crippen LogP contribution is -2.53. The number of likely N-dealkylation sites (N-methyl/N-ethyl adjacent to an activating group) is 1. The number of carbonyl (C=O) groups is 2. The summed E-state index contributed by atoms with van der Waals surface area (Å²) >= 11 is 0. The first-order valence-electron chi connectivity index (χ1n) is 6.29. The van der Waals surface area contributed by atoms with Gasteiger partial charge in [-0.25, -0.2) is 4.39 Å². The molecule has 2 amide bonds. The molecular formula is C14H14FN3O2. The maximum atomic E-state index is 13.7. The molecule has 1 aliphatic heterocycles. The molecule has 5 nitrogen and oxygen atoms in total. The number of halogens is 1. The number of carbonyl (C=O) groups excluding carboxylic acids is 2. The fourth-order valence-electron chi connectivity index (χ4n) is 2.11. The Morgan fingerprint density at radius 2 is 1.90 bits per heavy atom. The van der Waals surface area contributed by atoms with E-state index in [2.05, 4.69) is 0 Å². The van der Waals surface area contributed by atoms with E-state index in [9.17, 15) is 14.0 Å². The Kier molecular flexibility index (Phi) is 3.99. The number of nitriles is 1. The molecule has 0 radical (unpaired) electrons. The van der Waals surface area contributed by atoms with E-state index in [1.165, 1.54) is 28.0 Å². The maximum absolute atomic E-state index is 13.7. The van der Waals surface area contributed by atoms with Crippen molar-refractivity contribution in [3.8, 4) is 6.07 Å². The third-order valence-electron chi connectivity index (χ3n) is 3.28. The van der Waals surface area contributed by atoms with Crippen molar-refractivity contribution in [1.29, 1.82) is 5.26 Å². The van der Waals surface area contributed by atoms with Crippen LogP contribution in [-0.4, -0.2) is 41.2 Å². The van der Waals surface area contributed by atoms with Gasteiger partial charge in [0.2, 0.25) is 11.8 Å². The van der Waals surface area contributed by atoms with Crippen LogP contribution in [0, 0.1) is 17.1 Å². The standard InChI is InChI=1S/C14H14FN3O2/c1-2-17-8-14(20)18(9-13(17)19)7-11-5-10(6-16)3-4-12(11)15/h3-5H,2,7-9H2,1H3. The van der Waals surface area contributed by atoms with Crippen molar-refractivity contribution in [3.05, 3.63) is 35.1 Å². The van der Waals surface area contributed by atoms with Gasteiger partial charge in [0.15, 0.2) is 0 Å². The van der Waals surface area contributed by atoms with Gasteiger partial charge in [-0.1, -0.05) is 0 Å².